The highest BCUT2D eigenvalue weighted by molar-refractivity contribution is 6.06. The normalized spacial score (nSPS) is 18.3. The van der Waals surface area contributed by atoms with Gasteiger partial charge in [-0.2, -0.15) is 0 Å². The molecule has 0 radical (unpaired) electrons. The van der Waals surface area contributed by atoms with Crippen LogP contribution in [-0.4, -0.2) is 38.5 Å². The number of amides is 3. The predicted molar refractivity (Wildman–Crippen MR) is 70.6 cm³/mol. The Morgan fingerprint density at radius 3 is 2.53 bits per heavy atom. The van der Waals surface area contributed by atoms with Crippen LogP contribution < -0.4 is 5.32 Å². The third kappa shape index (κ3) is 2.47. The van der Waals surface area contributed by atoms with E-state index >= 15 is 0 Å². The summed E-state index contributed by atoms with van der Waals surface area (Å²) in [6.07, 6.45) is 3.62. The Hall–Kier alpha value is -1.85. The summed E-state index contributed by atoms with van der Waals surface area (Å²) in [6, 6.07) is -0.318. The molecule has 0 aliphatic carbocycles. The Labute approximate surface area is 112 Å². The zero-order valence-electron chi connectivity index (χ0n) is 11.8. The number of carbonyl (C=O) groups is 2. The maximum Gasteiger partial charge on any atom is 0.325 e. The molecule has 3 amide bonds. The molecule has 2 heterocycles. The van der Waals surface area contributed by atoms with Gasteiger partial charge in [0.15, 0.2) is 0 Å². The third-order valence-electron chi connectivity index (χ3n) is 3.27. The molecule has 1 aliphatic rings. The molecule has 1 fully saturated rings. The Bertz CT molecular complexity index is 504. The van der Waals surface area contributed by atoms with Crippen LogP contribution in [0.5, 0.6) is 0 Å². The SMILES string of the molecule is CC(C)c1nccn1CCN1C(=O)NC(C)(C)C1=O. The van der Waals surface area contributed by atoms with E-state index in [9.17, 15) is 9.59 Å². The van der Waals surface area contributed by atoms with E-state index in [0.717, 1.165) is 5.82 Å². The van der Waals surface area contributed by atoms with Gasteiger partial charge in [-0.05, 0) is 13.8 Å². The van der Waals surface area contributed by atoms with E-state index in [0.29, 0.717) is 19.0 Å². The lowest BCUT2D eigenvalue weighted by Crippen LogP contribution is -2.40. The molecule has 1 saturated heterocycles. The largest absolute Gasteiger partial charge is 0.333 e. The van der Waals surface area contributed by atoms with E-state index < -0.39 is 5.54 Å². The second-order valence-corrected chi connectivity index (χ2v) is 5.65. The molecular weight excluding hydrogens is 244 g/mol. The van der Waals surface area contributed by atoms with Crippen molar-refractivity contribution in [3.05, 3.63) is 18.2 Å². The molecule has 0 aromatic carbocycles. The molecule has 2 rings (SSSR count). The summed E-state index contributed by atoms with van der Waals surface area (Å²) in [6.45, 7) is 8.49. The van der Waals surface area contributed by atoms with Crippen LogP contribution in [0.1, 0.15) is 39.4 Å². The van der Waals surface area contributed by atoms with Crippen LogP contribution in [0.4, 0.5) is 4.79 Å². The minimum Gasteiger partial charge on any atom is -0.333 e. The highest BCUT2D eigenvalue weighted by Gasteiger charge is 2.43. The number of urea groups is 1. The van der Waals surface area contributed by atoms with E-state index in [4.69, 9.17) is 0 Å². The summed E-state index contributed by atoms with van der Waals surface area (Å²) in [5.41, 5.74) is -0.799. The minimum atomic E-state index is -0.799. The molecule has 0 bridgehead atoms. The molecule has 0 spiro atoms. The highest BCUT2D eigenvalue weighted by Crippen LogP contribution is 2.17. The third-order valence-corrected chi connectivity index (χ3v) is 3.27. The van der Waals surface area contributed by atoms with Crippen LogP contribution in [0, 0.1) is 0 Å². The quantitative estimate of drug-likeness (QED) is 0.834. The second-order valence-electron chi connectivity index (χ2n) is 5.65. The van der Waals surface area contributed by atoms with Crippen molar-refractivity contribution in [2.75, 3.05) is 6.54 Å². The number of hydrogen-bond acceptors (Lipinski definition) is 3. The van der Waals surface area contributed by atoms with Crippen LogP contribution in [0.3, 0.4) is 0 Å². The zero-order valence-corrected chi connectivity index (χ0v) is 11.8. The van der Waals surface area contributed by atoms with Crippen LogP contribution in [0.25, 0.3) is 0 Å². The fourth-order valence-electron chi connectivity index (χ4n) is 2.24. The maximum atomic E-state index is 12.0. The van der Waals surface area contributed by atoms with Crippen molar-refractivity contribution < 1.29 is 9.59 Å². The van der Waals surface area contributed by atoms with Crippen molar-refractivity contribution in [2.24, 2.45) is 0 Å². The standard InChI is InChI=1S/C13H20N4O2/c1-9(2)10-14-5-6-16(10)7-8-17-11(18)13(3,4)15-12(17)19/h5-6,9H,7-8H2,1-4H3,(H,15,19). The first kappa shape index (κ1) is 13.6. The van der Waals surface area contributed by atoms with Crippen molar-refractivity contribution in [3.63, 3.8) is 0 Å². The lowest BCUT2D eigenvalue weighted by Gasteiger charge is -2.17. The van der Waals surface area contributed by atoms with Gasteiger partial charge in [-0.1, -0.05) is 13.8 Å². The minimum absolute atomic E-state index is 0.177. The molecule has 1 aliphatic heterocycles. The molecule has 19 heavy (non-hydrogen) atoms. The van der Waals surface area contributed by atoms with Gasteiger partial charge >= 0.3 is 6.03 Å². The zero-order chi connectivity index (χ0) is 14.2. The Morgan fingerprint density at radius 1 is 1.32 bits per heavy atom. The van der Waals surface area contributed by atoms with E-state index in [-0.39, 0.29) is 11.9 Å². The summed E-state index contributed by atoms with van der Waals surface area (Å²) in [7, 11) is 0. The van der Waals surface area contributed by atoms with E-state index in [2.05, 4.69) is 24.1 Å². The molecular formula is C13H20N4O2. The molecule has 6 heteroatoms. The number of rotatable bonds is 4. The lowest BCUT2D eigenvalue weighted by molar-refractivity contribution is -0.130. The van der Waals surface area contributed by atoms with E-state index in [1.165, 1.54) is 4.90 Å². The number of carbonyl (C=O) groups excluding carboxylic acids is 2. The monoisotopic (exact) mass is 264 g/mol. The lowest BCUT2D eigenvalue weighted by atomic mass is 10.1. The Kier molecular flexibility index (Phi) is 3.34. The van der Waals surface area contributed by atoms with Gasteiger partial charge in [0.1, 0.15) is 11.4 Å². The predicted octanol–water partition coefficient (Wildman–Crippen LogP) is 1.34. The molecule has 104 valence electrons. The van der Waals surface area contributed by atoms with Crippen molar-refractivity contribution >= 4 is 11.9 Å². The number of aromatic nitrogens is 2. The first-order valence-electron chi connectivity index (χ1n) is 6.48. The van der Waals surface area contributed by atoms with Gasteiger partial charge in [0.2, 0.25) is 0 Å². The molecule has 1 aromatic rings. The van der Waals surface area contributed by atoms with Gasteiger partial charge in [0.05, 0.1) is 0 Å². The second kappa shape index (κ2) is 4.68. The average molecular weight is 264 g/mol. The fraction of sp³-hybridized carbons (Fsp3) is 0.615. The van der Waals surface area contributed by atoms with Gasteiger partial charge in [0, 0.05) is 31.4 Å². The van der Waals surface area contributed by atoms with Crippen molar-refractivity contribution in [3.8, 4) is 0 Å². The van der Waals surface area contributed by atoms with Crippen LogP contribution in [-0.2, 0) is 11.3 Å². The molecule has 1 aromatic heterocycles. The average Bonchev–Trinajstić information content (AvgIpc) is 2.82. The Morgan fingerprint density at radius 2 is 2.00 bits per heavy atom. The summed E-state index contributed by atoms with van der Waals surface area (Å²) in [5, 5.41) is 2.67. The summed E-state index contributed by atoms with van der Waals surface area (Å²) in [5.74, 6) is 1.10. The number of imidazole rings is 1. The van der Waals surface area contributed by atoms with Gasteiger partial charge in [-0.15, -0.1) is 0 Å². The maximum absolute atomic E-state index is 12.0. The topological polar surface area (TPSA) is 67.2 Å². The van der Waals surface area contributed by atoms with Gasteiger partial charge < -0.3 is 9.88 Å². The van der Waals surface area contributed by atoms with Crippen molar-refractivity contribution in [1.29, 1.82) is 0 Å². The van der Waals surface area contributed by atoms with Crippen LogP contribution >= 0.6 is 0 Å². The highest BCUT2D eigenvalue weighted by atomic mass is 16.2. The van der Waals surface area contributed by atoms with Crippen LogP contribution in [0.2, 0.25) is 0 Å². The molecule has 6 nitrogen and oxygen atoms in total. The molecule has 1 N–H and O–H groups in total. The summed E-state index contributed by atoms with van der Waals surface area (Å²) in [4.78, 5) is 29.3. The van der Waals surface area contributed by atoms with Crippen LogP contribution in [0.15, 0.2) is 12.4 Å². The van der Waals surface area contributed by atoms with E-state index in [1.807, 2.05) is 10.8 Å². The number of imide groups is 1. The molecule has 0 atom stereocenters. The number of nitrogens with one attached hydrogen (secondary N) is 1. The fourth-order valence-corrected chi connectivity index (χ4v) is 2.24. The Balaban J connectivity index is 2.05. The first-order chi connectivity index (χ1) is 8.83. The molecule has 0 unspecified atom stereocenters. The van der Waals surface area contributed by atoms with Crippen molar-refractivity contribution in [2.45, 2.75) is 45.7 Å². The number of nitrogens with zero attached hydrogens (tertiary/aromatic N) is 3. The van der Waals surface area contributed by atoms with Crippen molar-refractivity contribution in [1.82, 2.24) is 19.8 Å². The van der Waals surface area contributed by atoms with E-state index in [1.54, 1.807) is 20.0 Å². The molecule has 0 saturated carbocycles. The van der Waals surface area contributed by atoms with Gasteiger partial charge in [0.25, 0.3) is 5.91 Å². The first-order valence-corrected chi connectivity index (χ1v) is 6.48. The van der Waals surface area contributed by atoms with Gasteiger partial charge in [-0.3, -0.25) is 9.69 Å². The summed E-state index contributed by atoms with van der Waals surface area (Å²) < 4.78 is 1.98. The van der Waals surface area contributed by atoms with Gasteiger partial charge in [-0.25, -0.2) is 9.78 Å². The number of hydrogen-bond donors (Lipinski definition) is 1. The smallest absolute Gasteiger partial charge is 0.325 e. The summed E-state index contributed by atoms with van der Waals surface area (Å²) >= 11 is 0.